The van der Waals surface area contributed by atoms with E-state index < -0.39 is 11.6 Å². The molecule has 1 heterocycles. The van der Waals surface area contributed by atoms with E-state index in [0.29, 0.717) is 11.3 Å². The number of anilines is 1. The Labute approximate surface area is 163 Å². The molecule has 1 aliphatic heterocycles. The van der Waals surface area contributed by atoms with Gasteiger partial charge in [-0.15, -0.1) is 0 Å². The van der Waals surface area contributed by atoms with Crippen LogP contribution in [0.25, 0.3) is 0 Å². The van der Waals surface area contributed by atoms with Crippen molar-refractivity contribution >= 4 is 23.3 Å². The SMILES string of the molecule is CC(/C=C1/C(=O)N(c2ccccc2)C1c1ccccc1)=NOC(C)(C)C(=O)O. The molecule has 2 aromatic carbocycles. The van der Waals surface area contributed by atoms with Gasteiger partial charge in [-0.2, -0.15) is 0 Å². The van der Waals surface area contributed by atoms with Crippen LogP contribution in [0.5, 0.6) is 0 Å². The van der Waals surface area contributed by atoms with Crippen LogP contribution < -0.4 is 4.90 Å². The second-order valence-corrected chi connectivity index (χ2v) is 7.06. The molecule has 0 radical (unpaired) electrons. The summed E-state index contributed by atoms with van der Waals surface area (Å²) in [6.07, 6.45) is 1.65. The summed E-state index contributed by atoms with van der Waals surface area (Å²) in [6, 6.07) is 18.9. The van der Waals surface area contributed by atoms with E-state index in [-0.39, 0.29) is 11.9 Å². The minimum absolute atomic E-state index is 0.118. The van der Waals surface area contributed by atoms with Gasteiger partial charge in [-0.3, -0.25) is 9.69 Å². The van der Waals surface area contributed by atoms with Gasteiger partial charge in [0, 0.05) is 11.3 Å². The van der Waals surface area contributed by atoms with Gasteiger partial charge in [0.25, 0.3) is 5.91 Å². The molecule has 1 fully saturated rings. The lowest BCUT2D eigenvalue weighted by molar-refractivity contribution is -0.161. The molecule has 28 heavy (non-hydrogen) atoms. The summed E-state index contributed by atoms with van der Waals surface area (Å²) in [5.74, 6) is -1.24. The van der Waals surface area contributed by atoms with Crippen LogP contribution in [0.1, 0.15) is 32.4 Å². The van der Waals surface area contributed by atoms with Crippen LogP contribution >= 0.6 is 0 Å². The zero-order valence-corrected chi connectivity index (χ0v) is 16.0. The Morgan fingerprint density at radius 2 is 1.68 bits per heavy atom. The molecule has 0 spiro atoms. The van der Waals surface area contributed by atoms with Gasteiger partial charge < -0.3 is 9.94 Å². The number of carbonyl (C=O) groups is 2. The molecule has 0 aromatic heterocycles. The minimum atomic E-state index is -1.45. The third-order valence-electron chi connectivity index (χ3n) is 4.47. The molecule has 1 unspecified atom stereocenters. The first-order valence-corrected chi connectivity index (χ1v) is 8.92. The predicted octanol–water partition coefficient (Wildman–Crippen LogP) is 3.96. The molecule has 1 N–H and O–H groups in total. The average Bonchev–Trinajstić information content (AvgIpc) is 2.69. The van der Waals surface area contributed by atoms with Crippen molar-refractivity contribution in [2.75, 3.05) is 4.90 Å². The Hall–Kier alpha value is -3.41. The number of β-lactam (4-membered cyclic amide) rings is 1. The van der Waals surface area contributed by atoms with Crippen molar-refractivity contribution in [1.29, 1.82) is 0 Å². The Bertz CT molecular complexity index is 934. The highest BCUT2D eigenvalue weighted by Gasteiger charge is 2.43. The highest BCUT2D eigenvalue weighted by atomic mass is 16.7. The number of amides is 1. The molecule has 1 amide bonds. The molecule has 0 saturated carbocycles. The van der Waals surface area contributed by atoms with Gasteiger partial charge in [-0.25, -0.2) is 4.79 Å². The van der Waals surface area contributed by atoms with Crippen LogP contribution in [0.4, 0.5) is 5.69 Å². The monoisotopic (exact) mass is 378 g/mol. The summed E-state index contributed by atoms with van der Waals surface area (Å²) < 4.78 is 0. The second kappa shape index (κ2) is 7.68. The number of para-hydroxylation sites is 1. The van der Waals surface area contributed by atoms with Crippen LogP contribution in [-0.4, -0.2) is 28.3 Å². The van der Waals surface area contributed by atoms with Gasteiger partial charge >= 0.3 is 5.97 Å². The Morgan fingerprint density at radius 1 is 1.11 bits per heavy atom. The Kier molecular flexibility index (Phi) is 5.31. The summed E-state index contributed by atoms with van der Waals surface area (Å²) in [5, 5.41) is 13.0. The quantitative estimate of drug-likeness (QED) is 0.357. The molecule has 144 valence electrons. The lowest BCUT2D eigenvalue weighted by Gasteiger charge is -2.43. The third kappa shape index (κ3) is 3.81. The summed E-state index contributed by atoms with van der Waals surface area (Å²) in [5.41, 5.74) is 1.35. The van der Waals surface area contributed by atoms with Crippen LogP contribution in [-0.2, 0) is 14.4 Å². The maximum Gasteiger partial charge on any atom is 0.350 e. The van der Waals surface area contributed by atoms with Gasteiger partial charge in [0.2, 0.25) is 5.60 Å². The first kappa shape index (κ1) is 19.4. The van der Waals surface area contributed by atoms with Gasteiger partial charge in [-0.1, -0.05) is 53.7 Å². The van der Waals surface area contributed by atoms with Gasteiger partial charge in [-0.05, 0) is 44.5 Å². The second-order valence-electron chi connectivity index (χ2n) is 7.06. The standard InChI is InChI=1S/C22H22N2O4/c1-15(23-28-22(2,3)21(26)27)14-18-19(16-10-6-4-7-11-16)24(20(18)25)17-12-8-5-9-13-17/h4-14,19H,1-3H3,(H,26,27)/b18-14+,23-15?. The van der Waals surface area contributed by atoms with E-state index in [0.717, 1.165) is 11.3 Å². The van der Waals surface area contributed by atoms with E-state index in [4.69, 9.17) is 9.94 Å². The number of benzene rings is 2. The molecule has 3 rings (SSSR count). The van der Waals surface area contributed by atoms with Crippen molar-refractivity contribution in [1.82, 2.24) is 0 Å². The first-order valence-electron chi connectivity index (χ1n) is 8.92. The molecule has 1 aliphatic rings. The number of hydrogen-bond donors (Lipinski definition) is 1. The van der Waals surface area contributed by atoms with Gasteiger partial charge in [0.1, 0.15) is 0 Å². The summed E-state index contributed by atoms with van der Waals surface area (Å²) in [4.78, 5) is 30.9. The van der Waals surface area contributed by atoms with Crippen molar-refractivity contribution in [2.24, 2.45) is 5.16 Å². The van der Waals surface area contributed by atoms with Gasteiger partial charge in [0.05, 0.1) is 11.8 Å². The minimum Gasteiger partial charge on any atom is -0.478 e. The van der Waals surface area contributed by atoms with Crippen LogP contribution in [0.3, 0.4) is 0 Å². The van der Waals surface area contributed by atoms with Crippen molar-refractivity contribution in [3.8, 4) is 0 Å². The maximum atomic E-state index is 12.9. The van der Waals surface area contributed by atoms with Crippen molar-refractivity contribution in [3.05, 3.63) is 77.9 Å². The summed E-state index contributed by atoms with van der Waals surface area (Å²) in [6.45, 7) is 4.50. The molecule has 6 heteroatoms. The fourth-order valence-electron chi connectivity index (χ4n) is 2.88. The average molecular weight is 378 g/mol. The van der Waals surface area contributed by atoms with Crippen LogP contribution in [0.15, 0.2) is 77.5 Å². The van der Waals surface area contributed by atoms with E-state index in [2.05, 4.69) is 5.16 Å². The van der Waals surface area contributed by atoms with Crippen LogP contribution in [0.2, 0.25) is 0 Å². The molecule has 0 bridgehead atoms. The molecular weight excluding hydrogens is 356 g/mol. The third-order valence-corrected chi connectivity index (χ3v) is 4.47. The number of allylic oxidation sites excluding steroid dienone is 1. The van der Waals surface area contributed by atoms with E-state index in [1.807, 2.05) is 60.7 Å². The highest BCUT2D eigenvalue weighted by molar-refractivity contribution is 6.18. The fourth-order valence-corrected chi connectivity index (χ4v) is 2.88. The van der Waals surface area contributed by atoms with E-state index in [1.165, 1.54) is 13.8 Å². The predicted molar refractivity (Wildman–Crippen MR) is 107 cm³/mol. The van der Waals surface area contributed by atoms with E-state index >= 15 is 0 Å². The summed E-state index contributed by atoms with van der Waals surface area (Å²) >= 11 is 0. The normalized spacial score (nSPS) is 18.8. The van der Waals surface area contributed by atoms with Crippen molar-refractivity contribution in [2.45, 2.75) is 32.4 Å². The topological polar surface area (TPSA) is 79.2 Å². The molecule has 6 nitrogen and oxygen atoms in total. The maximum absolute atomic E-state index is 12.9. The number of rotatable bonds is 6. The van der Waals surface area contributed by atoms with E-state index in [1.54, 1.807) is 17.9 Å². The number of aliphatic carboxylic acids is 1. The Balaban J connectivity index is 1.92. The van der Waals surface area contributed by atoms with Crippen molar-refractivity contribution in [3.63, 3.8) is 0 Å². The number of hydrogen-bond acceptors (Lipinski definition) is 4. The molecule has 1 atom stereocenters. The Morgan fingerprint density at radius 3 is 2.25 bits per heavy atom. The lowest BCUT2D eigenvalue weighted by atomic mass is 9.86. The summed E-state index contributed by atoms with van der Waals surface area (Å²) in [7, 11) is 0. The number of nitrogens with zero attached hydrogens (tertiary/aromatic N) is 2. The highest BCUT2D eigenvalue weighted by Crippen LogP contribution is 2.42. The zero-order chi connectivity index (χ0) is 20.3. The molecular formula is C22H22N2O4. The largest absolute Gasteiger partial charge is 0.478 e. The molecule has 2 aromatic rings. The first-order chi connectivity index (χ1) is 13.3. The van der Waals surface area contributed by atoms with Crippen LogP contribution in [0, 0.1) is 0 Å². The lowest BCUT2D eigenvalue weighted by Crippen LogP contribution is -2.49. The smallest absolute Gasteiger partial charge is 0.350 e. The molecule has 1 saturated heterocycles. The molecule has 0 aliphatic carbocycles. The fraction of sp³-hybridized carbons (Fsp3) is 0.227. The van der Waals surface area contributed by atoms with Gasteiger partial charge in [0.15, 0.2) is 0 Å². The number of carboxylic acids is 1. The van der Waals surface area contributed by atoms with E-state index in [9.17, 15) is 9.59 Å². The zero-order valence-electron chi connectivity index (χ0n) is 16.0. The van der Waals surface area contributed by atoms with Crippen molar-refractivity contribution < 1.29 is 19.5 Å². The number of oxime groups is 1. The number of carbonyl (C=O) groups excluding carboxylic acids is 1. The number of carboxylic acid groups (broad SMARTS) is 1.